The quantitative estimate of drug-likeness (QED) is 0.357. The summed E-state index contributed by atoms with van der Waals surface area (Å²) in [7, 11) is 0. The Hall–Kier alpha value is -1.62. The maximum absolute atomic E-state index is 11.0. The molecule has 0 bridgehead atoms. The monoisotopic (exact) mass is 209 g/mol. The summed E-state index contributed by atoms with van der Waals surface area (Å²) in [5, 5.41) is 9.61. The molecule has 0 aromatic heterocycles. The van der Waals surface area contributed by atoms with Gasteiger partial charge >= 0.3 is 0 Å². The average molecular weight is 209 g/mol. The summed E-state index contributed by atoms with van der Waals surface area (Å²) in [6, 6.07) is 8.38. The Balaban J connectivity index is 3.14. The lowest BCUT2D eigenvalue weighted by atomic mass is 10.1. The molecule has 14 heavy (non-hydrogen) atoms. The van der Waals surface area contributed by atoms with Gasteiger partial charge in [0, 0.05) is 0 Å². The van der Waals surface area contributed by atoms with Crippen LogP contribution in [0.3, 0.4) is 0 Å². The minimum Gasteiger partial charge on any atom is -0.282 e. The molecule has 0 heterocycles. The normalized spacial score (nSPS) is 11.1. The predicted octanol–water partition coefficient (Wildman–Crippen LogP) is 1.76. The van der Waals surface area contributed by atoms with Crippen molar-refractivity contribution in [3.63, 3.8) is 0 Å². The number of nitro groups is 1. The highest BCUT2D eigenvalue weighted by Gasteiger charge is 2.11. The smallest absolute Gasteiger partial charge is 0.246 e. The number of carbonyl (C=O) groups excluding carboxylic acids is 1. The number of hydrogen-bond donors (Lipinski definition) is 1. The fraction of sp³-hybridized carbons (Fsp3) is 0. The van der Waals surface area contributed by atoms with Crippen LogP contribution in [0.2, 0.25) is 0 Å². The zero-order valence-electron chi connectivity index (χ0n) is 7.08. The van der Waals surface area contributed by atoms with E-state index in [1.54, 1.807) is 30.3 Å². The molecule has 0 radical (unpaired) electrons. The van der Waals surface area contributed by atoms with E-state index in [4.69, 9.17) is 0 Å². The van der Waals surface area contributed by atoms with Crippen molar-refractivity contribution in [2.24, 2.45) is 0 Å². The standard InChI is InChI=1S/C9H7NO3S/c11-9(14)8(6-10(12)13)7-4-2-1-3-5-7/h1-6H,(H,11,14). The van der Waals surface area contributed by atoms with Crippen molar-refractivity contribution in [3.8, 4) is 0 Å². The van der Waals surface area contributed by atoms with E-state index in [0.29, 0.717) is 11.8 Å². The van der Waals surface area contributed by atoms with E-state index < -0.39 is 10.0 Å². The number of thiol groups is 1. The highest BCUT2D eigenvalue weighted by molar-refractivity contribution is 7.98. The van der Waals surface area contributed by atoms with Gasteiger partial charge in [-0.2, -0.15) is 0 Å². The van der Waals surface area contributed by atoms with Crippen LogP contribution in [-0.2, 0) is 4.79 Å². The summed E-state index contributed by atoms with van der Waals surface area (Å²) in [6.45, 7) is 0. The Kier molecular flexibility index (Phi) is 3.41. The van der Waals surface area contributed by atoms with E-state index in [2.05, 4.69) is 12.6 Å². The average Bonchev–Trinajstić information content (AvgIpc) is 2.15. The second-order valence-corrected chi connectivity index (χ2v) is 2.91. The molecule has 0 atom stereocenters. The van der Waals surface area contributed by atoms with Gasteiger partial charge in [0.05, 0.1) is 4.92 Å². The molecule has 0 aliphatic rings. The number of hydrogen-bond acceptors (Lipinski definition) is 3. The minimum atomic E-state index is -0.670. The molecule has 0 saturated heterocycles. The van der Waals surface area contributed by atoms with Gasteiger partial charge in [0.25, 0.3) is 0 Å². The van der Waals surface area contributed by atoms with E-state index in [9.17, 15) is 14.9 Å². The molecule has 1 rings (SSSR count). The zero-order valence-corrected chi connectivity index (χ0v) is 7.98. The molecule has 0 spiro atoms. The summed E-state index contributed by atoms with van der Waals surface area (Å²) < 4.78 is 0. The van der Waals surface area contributed by atoms with Crippen molar-refractivity contribution in [3.05, 3.63) is 52.2 Å². The summed E-state index contributed by atoms with van der Waals surface area (Å²) in [4.78, 5) is 20.5. The fourth-order valence-electron chi connectivity index (χ4n) is 0.976. The van der Waals surface area contributed by atoms with Gasteiger partial charge in [-0.05, 0) is 5.56 Å². The third kappa shape index (κ3) is 2.70. The molecule has 72 valence electrons. The molecular weight excluding hydrogens is 202 g/mol. The maximum atomic E-state index is 11.0. The van der Waals surface area contributed by atoms with Crippen molar-refractivity contribution in [2.75, 3.05) is 0 Å². The van der Waals surface area contributed by atoms with E-state index in [1.165, 1.54) is 0 Å². The van der Waals surface area contributed by atoms with Crippen LogP contribution < -0.4 is 0 Å². The van der Waals surface area contributed by atoms with E-state index in [1.807, 2.05) is 0 Å². The summed E-state index contributed by atoms with van der Waals surface area (Å²) in [5.41, 5.74) is 0.475. The van der Waals surface area contributed by atoms with Crippen LogP contribution in [-0.4, -0.2) is 10.0 Å². The predicted molar refractivity (Wildman–Crippen MR) is 55.4 cm³/mol. The molecule has 1 aromatic rings. The lowest BCUT2D eigenvalue weighted by molar-refractivity contribution is -0.401. The molecule has 4 nitrogen and oxygen atoms in total. The van der Waals surface area contributed by atoms with Gasteiger partial charge in [-0.3, -0.25) is 14.9 Å². The van der Waals surface area contributed by atoms with E-state index in [0.717, 1.165) is 0 Å². The second kappa shape index (κ2) is 4.57. The van der Waals surface area contributed by atoms with Crippen LogP contribution in [0.4, 0.5) is 0 Å². The van der Waals surface area contributed by atoms with Crippen molar-refractivity contribution < 1.29 is 9.72 Å². The summed E-state index contributed by atoms with van der Waals surface area (Å²) in [5.74, 6) is 0. The zero-order chi connectivity index (χ0) is 10.6. The first-order valence-electron chi connectivity index (χ1n) is 3.75. The van der Waals surface area contributed by atoms with Crippen molar-refractivity contribution in [2.45, 2.75) is 0 Å². The third-order valence-corrected chi connectivity index (χ3v) is 1.79. The van der Waals surface area contributed by atoms with Crippen molar-refractivity contribution in [1.29, 1.82) is 0 Å². The number of benzene rings is 1. The van der Waals surface area contributed by atoms with Crippen LogP contribution in [0.1, 0.15) is 5.56 Å². The van der Waals surface area contributed by atoms with Crippen molar-refractivity contribution >= 4 is 23.3 Å². The Bertz CT molecular complexity index is 386. The van der Waals surface area contributed by atoms with Crippen LogP contribution in [0.25, 0.3) is 5.57 Å². The fourth-order valence-corrected chi connectivity index (χ4v) is 1.16. The van der Waals surface area contributed by atoms with Crippen LogP contribution >= 0.6 is 12.6 Å². The van der Waals surface area contributed by atoms with Crippen LogP contribution in [0.5, 0.6) is 0 Å². The van der Waals surface area contributed by atoms with Gasteiger partial charge in [0.2, 0.25) is 11.3 Å². The summed E-state index contributed by atoms with van der Waals surface area (Å²) >= 11 is 3.57. The molecule has 0 amide bonds. The molecule has 0 aliphatic carbocycles. The molecule has 0 saturated carbocycles. The largest absolute Gasteiger partial charge is 0.282 e. The first kappa shape index (κ1) is 10.5. The molecule has 0 unspecified atom stereocenters. The first-order chi connectivity index (χ1) is 6.61. The third-order valence-electron chi connectivity index (χ3n) is 1.55. The number of rotatable bonds is 3. The van der Waals surface area contributed by atoms with Crippen LogP contribution in [0.15, 0.2) is 36.5 Å². The molecule has 0 N–H and O–H groups in total. The topological polar surface area (TPSA) is 60.2 Å². The van der Waals surface area contributed by atoms with Gasteiger partial charge in [0.1, 0.15) is 5.57 Å². The number of nitrogens with zero attached hydrogens (tertiary/aromatic N) is 1. The highest BCUT2D eigenvalue weighted by Crippen LogP contribution is 2.16. The summed E-state index contributed by atoms with van der Waals surface area (Å²) in [6.07, 6.45) is 0.657. The highest BCUT2D eigenvalue weighted by atomic mass is 32.1. The number of carbonyl (C=O) groups is 1. The second-order valence-electron chi connectivity index (χ2n) is 2.50. The minimum absolute atomic E-state index is 0.0149. The molecule has 1 aromatic carbocycles. The molecule has 0 aliphatic heterocycles. The van der Waals surface area contributed by atoms with E-state index >= 15 is 0 Å². The van der Waals surface area contributed by atoms with Gasteiger partial charge in [-0.25, -0.2) is 0 Å². The lowest BCUT2D eigenvalue weighted by Gasteiger charge is -1.98. The van der Waals surface area contributed by atoms with Gasteiger partial charge < -0.3 is 0 Å². The maximum Gasteiger partial charge on any atom is 0.246 e. The molecular formula is C9H7NO3S. The Morgan fingerprint density at radius 2 is 1.93 bits per heavy atom. The van der Waals surface area contributed by atoms with Crippen molar-refractivity contribution in [1.82, 2.24) is 0 Å². The van der Waals surface area contributed by atoms with Crippen LogP contribution in [0, 0.1) is 10.1 Å². The van der Waals surface area contributed by atoms with E-state index in [-0.39, 0.29) is 5.57 Å². The van der Waals surface area contributed by atoms with Gasteiger partial charge in [-0.15, -0.1) is 12.6 Å². The molecule has 5 heteroatoms. The lowest BCUT2D eigenvalue weighted by Crippen LogP contribution is -1.97. The SMILES string of the molecule is O=C(S)C(=C[N+](=O)[O-])c1ccccc1. The Morgan fingerprint density at radius 1 is 1.36 bits per heavy atom. The van der Waals surface area contributed by atoms with Gasteiger partial charge in [0.15, 0.2) is 0 Å². The Morgan fingerprint density at radius 3 is 2.36 bits per heavy atom. The Labute approximate surface area is 85.8 Å². The van der Waals surface area contributed by atoms with Gasteiger partial charge in [-0.1, -0.05) is 30.3 Å². The first-order valence-corrected chi connectivity index (χ1v) is 4.20. The molecule has 0 fully saturated rings.